The Kier molecular flexibility index (Phi) is 6.77. The molecule has 1 heterocycles. The second kappa shape index (κ2) is 9.11. The van der Waals surface area contributed by atoms with E-state index in [0.29, 0.717) is 23.6 Å². The van der Waals surface area contributed by atoms with Crippen LogP contribution in [0.3, 0.4) is 0 Å². The van der Waals surface area contributed by atoms with E-state index >= 15 is 0 Å². The van der Waals surface area contributed by atoms with E-state index in [2.05, 4.69) is 15.9 Å². The number of amides is 1. The van der Waals surface area contributed by atoms with E-state index in [-0.39, 0.29) is 11.3 Å². The van der Waals surface area contributed by atoms with Crippen LogP contribution in [0, 0.1) is 0 Å². The number of carbonyl (C=O) groups is 2. The van der Waals surface area contributed by atoms with Gasteiger partial charge in [-0.3, -0.25) is 9.59 Å². The summed E-state index contributed by atoms with van der Waals surface area (Å²) in [5.74, 6) is -1.46. The van der Waals surface area contributed by atoms with Crippen LogP contribution in [0.15, 0.2) is 58.6 Å². The van der Waals surface area contributed by atoms with E-state index in [1.165, 1.54) is 0 Å². The van der Waals surface area contributed by atoms with Crippen LogP contribution in [0.2, 0.25) is 5.02 Å². The third-order valence-electron chi connectivity index (χ3n) is 4.83. The second-order valence-corrected chi connectivity index (χ2v) is 8.56. The topological polar surface area (TPSA) is 60.9 Å². The van der Waals surface area contributed by atoms with Gasteiger partial charge in [-0.25, -0.2) is 0 Å². The summed E-state index contributed by atoms with van der Waals surface area (Å²) in [5, 5.41) is 11.5. The van der Waals surface area contributed by atoms with E-state index in [0.717, 1.165) is 16.6 Å². The number of hydrogen-bond acceptors (Lipinski definition) is 4. The third kappa shape index (κ3) is 4.71. The minimum Gasteiger partial charge on any atom is -0.507 e. The quantitative estimate of drug-likeness (QED) is 0.379. The van der Waals surface area contributed by atoms with Crippen LogP contribution in [-0.4, -0.2) is 53.8 Å². The molecule has 3 rings (SSSR count). The second-order valence-electron chi connectivity index (χ2n) is 7.21. The molecule has 0 bridgehead atoms. The Labute approximate surface area is 183 Å². The fraction of sp³-hybridized carbons (Fsp3) is 0.273. The van der Waals surface area contributed by atoms with Gasteiger partial charge in [0.1, 0.15) is 5.76 Å². The molecule has 1 amide bonds. The van der Waals surface area contributed by atoms with Crippen LogP contribution < -0.4 is 0 Å². The van der Waals surface area contributed by atoms with Crippen molar-refractivity contribution in [2.45, 2.75) is 12.5 Å². The number of nitrogens with zero attached hydrogens (tertiary/aromatic N) is 2. The molecule has 0 spiro atoms. The van der Waals surface area contributed by atoms with Crippen molar-refractivity contribution in [2.75, 3.05) is 27.2 Å². The van der Waals surface area contributed by atoms with Crippen molar-refractivity contribution in [1.29, 1.82) is 0 Å². The Morgan fingerprint density at radius 3 is 2.48 bits per heavy atom. The molecule has 1 atom stereocenters. The summed E-state index contributed by atoms with van der Waals surface area (Å²) in [7, 11) is 3.92. The number of likely N-dealkylation sites (tertiary alicyclic amines) is 1. The standard InChI is InChI=1S/C22H22BrClN2O3/c1-25(2)11-4-12-26-19(15-5-3-6-16(23)13-15)18(21(28)22(26)29)20(27)14-7-9-17(24)10-8-14/h3,5-10,13,19,27H,4,11-12H2,1-2H3/t19-/m1/s1. The first-order valence-electron chi connectivity index (χ1n) is 9.24. The van der Waals surface area contributed by atoms with Gasteiger partial charge in [0.05, 0.1) is 11.6 Å². The highest BCUT2D eigenvalue weighted by atomic mass is 79.9. The van der Waals surface area contributed by atoms with Crippen molar-refractivity contribution >= 4 is 45.0 Å². The normalized spacial score (nSPS) is 18.7. The molecular formula is C22H22BrClN2O3. The predicted molar refractivity (Wildman–Crippen MR) is 118 cm³/mol. The van der Waals surface area contributed by atoms with Gasteiger partial charge in [-0.2, -0.15) is 0 Å². The van der Waals surface area contributed by atoms with Crippen LogP contribution in [0.1, 0.15) is 23.6 Å². The molecule has 0 aliphatic carbocycles. The van der Waals surface area contributed by atoms with Gasteiger partial charge < -0.3 is 14.9 Å². The lowest BCUT2D eigenvalue weighted by atomic mass is 9.95. The number of halogens is 2. The number of hydrogen-bond donors (Lipinski definition) is 1. The highest BCUT2D eigenvalue weighted by Gasteiger charge is 2.45. The molecule has 1 saturated heterocycles. The number of rotatable bonds is 6. The van der Waals surface area contributed by atoms with E-state index in [4.69, 9.17) is 11.6 Å². The summed E-state index contributed by atoms with van der Waals surface area (Å²) in [6.07, 6.45) is 0.714. The van der Waals surface area contributed by atoms with E-state index in [1.54, 1.807) is 29.2 Å². The number of aliphatic hydroxyl groups excluding tert-OH is 1. The lowest BCUT2D eigenvalue weighted by molar-refractivity contribution is -0.139. The molecule has 0 saturated carbocycles. The molecule has 1 N–H and O–H groups in total. The number of ketones is 1. The van der Waals surface area contributed by atoms with Crippen molar-refractivity contribution in [3.63, 3.8) is 0 Å². The number of aliphatic hydroxyl groups is 1. The van der Waals surface area contributed by atoms with Gasteiger partial charge in [0.15, 0.2) is 0 Å². The molecule has 2 aromatic carbocycles. The number of Topliss-reactive ketones (excluding diaryl/α,β-unsaturated/α-hetero) is 1. The zero-order valence-electron chi connectivity index (χ0n) is 16.2. The largest absolute Gasteiger partial charge is 0.507 e. The Bertz CT molecular complexity index is 957. The SMILES string of the molecule is CN(C)CCCN1C(=O)C(=O)C(=C(O)c2ccc(Cl)cc2)[C@H]1c1cccc(Br)c1. The molecule has 152 valence electrons. The van der Waals surface area contributed by atoms with Gasteiger partial charge in [0, 0.05) is 21.6 Å². The smallest absolute Gasteiger partial charge is 0.295 e. The highest BCUT2D eigenvalue weighted by Crippen LogP contribution is 2.40. The van der Waals surface area contributed by atoms with Crippen LogP contribution in [0.5, 0.6) is 0 Å². The van der Waals surface area contributed by atoms with Crippen LogP contribution in [0.25, 0.3) is 5.76 Å². The predicted octanol–water partition coefficient (Wildman–Crippen LogP) is 4.48. The van der Waals surface area contributed by atoms with Gasteiger partial charge >= 0.3 is 0 Å². The molecule has 5 nitrogen and oxygen atoms in total. The minimum absolute atomic E-state index is 0.0975. The highest BCUT2D eigenvalue weighted by molar-refractivity contribution is 9.10. The van der Waals surface area contributed by atoms with E-state index < -0.39 is 17.7 Å². The molecule has 29 heavy (non-hydrogen) atoms. The molecule has 7 heteroatoms. The van der Waals surface area contributed by atoms with Crippen LogP contribution in [0.4, 0.5) is 0 Å². The maximum atomic E-state index is 12.9. The molecule has 0 radical (unpaired) electrons. The molecule has 2 aromatic rings. The Morgan fingerprint density at radius 1 is 1.17 bits per heavy atom. The van der Waals surface area contributed by atoms with E-state index in [9.17, 15) is 14.7 Å². The van der Waals surface area contributed by atoms with Crippen LogP contribution >= 0.6 is 27.5 Å². The van der Waals surface area contributed by atoms with Crippen molar-refractivity contribution in [3.05, 3.63) is 74.7 Å². The lowest BCUT2D eigenvalue weighted by Gasteiger charge is -2.26. The molecular weight excluding hydrogens is 456 g/mol. The maximum absolute atomic E-state index is 12.9. The average molecular weight is 478 g/mol. The Morgan fingerprint density at radius 2 is 1.86 bits per heavy atom. The number of carbonyl (C=O) groups excluding carboxylic acids is 2. The maximum Gasteiger partial charge on any atom is 0.295 e. The average Bonchev–Trinajstić information content (AvgIpc) is 2.93. The fourth-order valence-electron chi connectivity index (χ4n) is 3.45. The third-order valence-corrected chi connectivity index (χ3v) is 5.57. The van der Waals surface area contributed by atoms with Crippen molar-refractivity contribution in [1.82, 2.24) is 9.80 Å². The summed E-state index contributed by atoms with van der Waals surface area (Å²) in [4.78, 5) is 29.3. The summed E-state index contributed by atoms with van der Waals surface area (Å²) in [6, 6.07) is 13.3. The molecule has 1 aliphatic heterocycles. The zero-order chi connectivity index (χ0) is 21.1. The minimum atomic E-state index is -0.674. The molecule has 0 aromatic heterocycles. The molecule has 0 unspecified atom stereocenters. The van der Waals surface area contributed by atoms with E-state index in [1.807, 2.05) is 43.3 Å². The van der Waals surface area contributed by atoms with Gasteiger partial charge in [0.25, 0.3) is 11.7 Å². The van der Waals surface area contributed by atoms with Crippen molar-refractivity contribution < 1.29 is 14.7 Å². The van der Waals surface area contributed by atoms with Gasteiger partial charge in [-0.1, -0.05) is 39.7 Å². The number of benzene rings is 2. The monoisotopic (exact) mass is 476 g/mol. The Hall–Kier alpha value is -2.15. The van der Waals surface area contributed by atoms with Crippen molar-refractivity contribution in [2.24, 2.45) is 0 Å². The summed E-state index contributed by atoms with van der Waals surface area (Å²) in [5.41, 5.74) is 1.31. The van der Waals surface area contributed by atoms with Crippen molar-refractivity contribution in [3.8, 4) is 0 Å². The summed E-state index contributed by atoms with van der Waals surface area (Å²) in [6.45, 7) is 1.20. The first kappa shape index (κ1) is 21.6. The summed E-state index contributed by atoms with van der Waals surface area (Å²) >= 11 is 9.39. The van der Waals surface area contributed by atoms with Crippen LogP contribution in [-0.2, 0) is 9.59 Å². The Balaban J connectivity index is 2.09. The van der Waals surface area contributed by atoms with Gasteiger partial charge in [-0.15, -0.1) is 0 Å². The van der Waals surface area contributed by atoms with Gasteiger partial charge in [-0.05, 0) is 69.0 Å². The first-order valence-corrected chi connectivity index (χ1v) is 10.4. The molecule has 1 aliphatic rings. The summed E-state index contributed by atoms with van der Waals surface area (Å²) < 4.78 is 0.834. The lowest BCUT2D eigenvalue weighted by Crippen LogP contribution is -2.32. The zero-order valence-corrected chi connectivity index (χ0v) is 18.6. The molecule has 1 fully saturated rings. The fourth-order valence-corrected chi connectivity index (χ4v) is 4.00. The van der Waals surface area contributed by atoms with Gasteiger partial charge in [0.2, 0.25) is 0 Å². The first-order chi connectivity index (χ1) is 13.8.